The Balaban J connectivity index is 4.34. The van der Waals surface area contributed by atoms with E-state index in [0.29, 0.717) is 17.4 Å². The van der Waals surface area contributed by atoms with E-state index in [2.05, 4.69) is 13.8 Å². The first-order chi connectivity index (χ1) is 27.6. The number of rotatable bonds is 45. The summed E-state index contributed by atoms with van der Waals surface area (Å²) in [6.07, 6.45) is 38.4. The summed E-state index contributed by atoms with van der Waals surface area (Å²) in [6, 6.07) is 0. The molecule has 0 saturated heterocycles. The zero-order chi connectivity index (χ0) is 42.1. The predicted molar refractivity (Wildman–Crippen MR) is 233 cm³/mol. The summed E-state index contributed by atoms with van der Waals surface area (Å²) in [5, 5.41) is 11.7. The molecule has 0 amide bonds. The van der Waals surface area contributed by atoms with Crippen LogP contribution in [0.1, 0.15) is 232 Å². The molecule has 0 spiro atoms. The molecule has 0 radical (unpaired) electrons. The van der Waals surface area contributed by atoms with Crippen molar-refractivity contribution in [1.29, 1.82) is 0 Å². The molecule has 0 heterocycles. The van der Waals surface area contributed by atoms with E-state index in [1.54, 1.807) is 0 Å². The summed E-state index contributed by atoms with van der Waals surface area (Å²) in [5.74, 6) is -2.26. The maximum absolute atomic E-state index is 12.8. The van der Waals surface area contributed by atoms with Gasteiger partial charge in [0.15, 0.2) is 12.4 Å². The third-order valence-corrected chi connectivity index (χ3v) is 10.9. The topological polar surface area (TPSA) is 111 Å². The fourth-order valence-electron chi connectivity index (χ4n) is 7.07. The molecule has 2 atom stereocenters. The van der Waals surface area contributed by atoms with Gasteiger partial charge in [-0.05, 0) is 12.8 Å². The second kappa shape index (κ2) is 41.0. The number of quaternary nitrogens is 1. The van der Waals surface area contributed by atoms with Gasteiger partial charge in [-0.1, -0.05) is 206 Å². The minimum absolute atomic E-state index is 0.153. The number of carbonyl (C=O) groups is 3. The Kier molecular flexibility index (Phi) is 39.8. The molecule has 0 saturated carbocycles. The first-order valence-electron chi connectivity index (χ1n) is 24.2. The van der Waals surface area contributed by atoms with Gasteiger partial charge in [0.1, 0.15) is 13.2 Å². The lowest BCUT2D eigenvalue weighted by molar-refractivity contribution is -0.870. The molecule has 57 heavy (non-hydrogen) atoms. The molecule has 0 aliphatic heterocycles. The quantitative estimate of drug-likeness (QED) is 0.0259. The molecule has 2 unspecified atom stereocenters. The highest BCUT2D eigenvalue weighted by Gasteiger charge is 2.22. The maximum atomic E-state index is 12.8. The number of likely N-dealkylation sites (N-methyl/N-ethyl adjacent to an activating group) is 1. The van der Waals surface area contributed by atoms with Gasteiger partial charge in [-0.25, -0.2) is 0 Å². The third kappa shape index (κ3) is 42.2. The highest BCUT2D eigenvalue weighted by atomic mass is 16.7. The molecule has 0 bridgehead atoms. The molecule has 9 heteroatoms. The summed E-state index contributed by atoms with van der Waals surface area (Å²) in [6.45, 7) is 4.79. The summed E-state index contributed by atoms with van der Waals surface area (Å²) in [4.78, 5) is 37.0. The number of unbranched alkanes of at least 4 members (excludes halogenated alkanes) is 30. The Morgan fingerprint density at radius 1 is 0.456 bits per heavy atom. The fraction of sp³-hybridized carbons (Fsp3) is 0.938. The van der Waals surface area contributed by atoms with E-state index in [0.717, 1.165) is 38.5 Å². The van der Waals surface area contributed by atoms with Gasteiger partial charge in [-0.3, -0.25) is 9.59 Å². The second-order valence-electron chi connectivity index (χ2n) is 17.8. The number of nitrogens with zero attached hydrogens (tertiary/aromatic N) is 1. The number of carboxylic acids is 1. The predicted octanol–water partition coefficient (Wildman–Crippen LogP) is 11.6. The maximum Gasteiger partial charge on any atom is 0.306 e. The number of esters is 2. The van der Waals surface area contributed by atoms with Crippen molar-refractivity contribution in [3.05, 3.63) is 0 Å². The smallest absolute Gasteiger partial charge is 0.306 e. The van der Waals surface area contributed by atoms with E-state index in [1.807, 2.05) is 21.1 Å². The highest BCUT2D eigenvalue weighted by Crippen LogP contribution is 2.16. The van der Waals surface area contributed by atoms with Crippen molar-refractivity contribution in [3.63, 3.8) is 0 Å². The Bertz CT molecular complexity index is 907. The lowest BCUT2D eigenvalue weighted by Crippen LogP contribution is -2.44. The minimum atomic E-state index is -1.61. The van der Waals surface area contributed by atoms with Crippen molar-refractivity contribution in [3.8, 4) is 0 Å². The van der Waals surface area contributed by atoms with Crippen LogP contribution in [-0.4, -0.2) is 82.3 Å². The zero-order valence-electron chi connectivity index (χ0n) is 38.2. The molecule has 0 aromatic heterocycles. The molecular weight excluding hydrogens is 719 g/mol. The Hall–Kier alpha value is -1.71. The highest BCUT2D eigenvalue weighted by molar-refractivity contribution is 5.70. The second-order valence-corrected chi connectivity index (χ2v) is 17.8. The van der Waals surface area contributed by atoms with E-state index in [-0.39, 0.29) is 32.2 Å². The Morgan fingerprint density at radius 2 is 0.789 bits per heavy atom. The van der Waals surface area contributed by atoms with Gasteiger partial charge in [0.05, 0.1) is 40.3 Å². The number of ether oxygens (including phenoxy) is 4. The van der Waals surface area contributed by atoms with Crippen LogP contribution in [0.2, 0.25) is 0 Å². The summed E-state index contributed by atoms with van der Waals surface area (Å²) in [7, 11) is 5.92. The summed E-state index contributed by atoms with van der Waals surface area (Å²) < 4.78 is 22.6. The molecule has 0 aliphatic carbocycles. The molecule has 0 aromatic carbocycles. The van der Waals surface area contributed by atoms with Crippen LogP contribution in [0.25, 0.3) is 0 Å². The van der Waals surface area contributed by atoms with Crippen molar-refractivity contribution in [1.82, 2.24) is 0 Å². The summed E-state index contributed by atoms with van der Waals surface area (Å²) >= 11 is 0. The van der Waals surface area contributed by atoms with Crippen LogP contribution in [0.4, 0.5) is 0 Å². The lowest BCUT2D eigenvalue weighted by atomic mass is 10.0. The number of hydrogen-bond acceptors (Lipinski definition) is 8. The number of carbonyl (C=O) groups excluding carboxylic acids is 3. The number of carboxylic acid groups (broad SMARTS) is 1. The molecule has 0 fully saturated rings. The monoisotopic (exact) mass is 812 g/mol. The average Bonchev–Trinajstić information content (AvgIpc) is 3.17. The average molecular weight is 812 g/mol. The van der Waals surface area contributed by atoms with Gasteiger partial charge >= 0.3 is 11.9 Å². The fourth-order valence-corrected chi connectivity index (χ4v) is 7.07. The van der Waals surface area contributed by atoms with E-state index in [1.165, 1.54) is 167 Å². The normalized spacial score (nSPS) is 12.8. The molecule has 338 valence electrons. The SMILES string of the molecule is CCCCCCCCCCCCCCCCCCC(=O)OCC(COC(OCC[N+](C)(C)C)C(=O)[O-])OC(=O)CCCCCCCCCCCCCCCCCC. The van der Waals surface area contributed by atoms with Crippen molar-refractivity contribution < 1.29 is 42.9 Å². The van der Waals surface area contributed by atoms with Gasteiger partial charge < -0.3 is 33.3 Å². The van der Waals surface area contributed by atoms with Crippen LogP contribution < -0.4 is 5.11 Å². The van der Waals surface area contributed by atoms with Gasteiger partial charge in [0.25, 0.3) is 0 Å². The van der Waals surface area contributed by atoms with Crippen LogP contribution in [0, 0.1) is 0 Å². The van der Waals surface area contributed by atoms with Gasteiger partial charge in [0.2, 0.25) is 0 Å². The van der Waals surface area contributed by atoms with E-state index >= 15 is 0 Å². The number of aliphatic carboxylic acids is 1. The van der Waals surface area contributed by atoms with Crippen molar-refractivity contribution in [2.45, 2.75) is 245 Å². The molecule has 9 nitrogen and oxygen atoms in total. The largest absolute Gasteiger partial charge is 0.545 e. The van der Waals surface area contributed by atoms with Crippen LogP contribution in [0.3, 0.4) is 0 Å². The molecular formula is C48H93NO8. The van der Waals surface area contributed by atoms with Crippen LogP contribution in [-0.2, 0) is 33.3 Å². The Morgan fingerprint density at radius 3 is 1.12 bits per heavy atom. The van der Waals surface area contributed by atoms with Gasteiger partial charge in [0, 0.05) is 12.8 Å². The first-order valence-corrected chi connectivity index (χ1v) is 24.2. The van der Waals surface area contributed by atoms with Crippen molar-refractivity contribution in [2.75, 3.05) is 47.5 Å². The first kappa shape index (κ1) is 55.3. The third-order valence-electron chi connectivity index (χ3n) is 10.9. The molecule has 0 rings (SSSR count). The summed E-state index contributed by atoms with van der Waals surface area (Å²) in [5.41, 5.74) is 0. The molecule has 0 N–H and O–H groups in total. The van der Waals surface area contributed by atoms with Crippen LogP contribution in [0.15, 0.2) is 0 Å². The zero-order valence-corrected chi connectivity index (χ0v) is 38.2. The Labute approximate surface area is 352 Å². The van der Waals surface area contributed by atoms with Crippen molar-refractivity contribution >= 4 is 17.9 Å². The lowest BCUT2D eigenvalue weighted by Gasteiger charge is -2.26. The van der Waals surface area contributed by atoms with Gasteiger partial charge in [-0.15, -0.1) is 0 Å². The molecule has 0 aromatic rings. The van der Waals surface area contributed by atoms with E-state index in [9.17, 15) is 19.5 Å². The van der Waals surface area contributed by atoms with Gasteiger partial charge in [-0.2, -0.15) is 0 Å². The minimum Gasteiger partial charge on any atom is -0.545 e. The van der Waals surface area contributed by atoms with Crippen LogP contribution >= 0.6 is 0 Å². The van der Waals surface area contributed by atoms with E-state index < -0.39 is 24.3 Å². The van der Waals surface area contributed by atoms with Crippen LogP contribution in [0.5, 0.6) is 0 Å². The standard InChI is InChI=1S/C48H93NO8/c1-6-8-10-12-14-16-18-20-22-24-26-28-30-32-34-36-38-45(50)55-42-44(43-56-48(47(52)53)54-41-40-49(3,4)5)57-46(51)39-37-35-33-31-29-27-25-23-21-19-17-15-13-11-9-7-2/h44,48H,6-43H2,1-5H3. The van der Waals surface area contributed by atoms with E-state index in [4.69, 9.17) is 18.9 Å². The molecule has 0 aliphatic rings. The van der Waals surface area contributed by atoms with Crippen molar-refractivity contribution in [2.24, 2.45) is 0 Å². The number of hydrogen-bond donors (Lipinski definition) is 0.